The Bertz CT molecular complexity index is 583. The van der Waals surface area contributed by atoms with Crippen molar-refractivity contribution in [2.45, 2.75) is 65.0 Å². The van der Waals surface area contributed by atoms with Crippen molar-refractivity contribution < 1.29 is 26.4 Å². The van der Waals surface area contributed by atoms with E-state index in [1.807, 2.05) is 19.6 Å². The molecule has 0 heterocycles. The van der Waals surface area contributed by atoms with Crippen LogP contribution in [0.15, 0.2) is 0 Å². The molecule has 0 unspecified atom stereocenters. The summed E-state index contributed by atoms with van der Waals surface area (Å²) in [6, 6.07) is 0.772. The van der Waals surface area contributed by atoms with E-state index in [0.717, 1.165) is 0 Å². The zero-order chi connectivity index (χ0) is 20.1. The van der Waals surface area contributed by atoms with Gasteiger partial charge in [0.2, 0.25) is 0 Å². The molecule has 0 radical (unpaired) electrons. The number of hydrogen-bond acceptors (Lipinski definition) is 2. The van der Waals surface area contributed by atoms with Crippen LogP contribution in [0, 0.1) is 23.3 Å². The van der Waals surface area contributed by atoms with Crippen LogP contribution in [0.25, 0.3) is 0 Å². The average Bonchev–Trinajstić information content (AvgIpc) is 2.52. The highest BCUT2D eigenvalue weighted by atomic mass is 28.4. The maximum absolute atomic E-state index is 14.4. The molecule has 2 nitrogen and oxygen atoms in total. The van der Waals surface area contributed by atoms with E-state index in [4.69, 9.17) is 8.85 Å². The molecule has 0 atom stereocenters. The van der Waals surface area contributed by atoms with Gasteiger partial charge in [-0.05, 0) is 39.3 Å². The first-order valence-corrected chi connectivity index (χ1v) is 15.3. The topological polar surface area (TPSA) is 18.5 Å². The Hall–Kier alpha value is -0.706. The van der Waals surface area contributed by atoms with Gasteiger partial charge in [0.25, 0.3) is 0 Å². The Labute approximate surface area is 156 Å². The minimum absolute atomic E-state index is 0.00582. The van der Waals surface area contributed by atoms with Gasteiger partial charge in [0.05, 0.1) is 0 Å². The Morgan fingerprint density at radius 2 is 1.00 bits per heavy atom. The Morgan fingerprint density at radius 3 is 1.31 bits per heavy atom. The third kappa shape index (κ3) is 6.18. The molecule has 1 aromatic carbocycles. The second kappa shape index (κ2) is 9.48. The van der Waals surface area contributed by atoms with Crippen LogP contribution < -0.4 is 0 Å². The lowest BCUT2D eigenvalue weighted by atomic mass is 10.0. The third-order valence-corrected chi connectivity index (χ3v) is 9.01. The quantitative estimate of drug-likeness (QED) is 0.275. The van der Waals surface area contributed by atoms with Crippen molar-refractivity contribution in [1.29, 1.82) is 0 Å². The molecular weight excluding hydrogens is 380 g/mol. The van der Waals surface area contributed by atoms with E-state index < -0.39 is 51.0 Å². The first kappa shape index (κ1) is 23.3. The Balaban J connectivity index is 3.11. The Kier molecular flexibility index (Phi) is 8.51. The van der Waals surface area contributed by atoms with Crippen LogP contribution in [0.4, 0.5) is 17.6 Å². The summed E-state index contributed by atoms with van der Waals surface area (Å²) in [4.78, 5) is 0. The van der Waals surface area contributed by atoms with Crippen LogP contribution >= 0.6 is 0 Å². The molecule has 26 heavy (non-hydrogen) atoms. The monoisotopic (exact) mass is 410 g/mol. The van der Waals surface area contributed by atoms with E-state index in [2.05, 4.69) is 0 Å². The first-order chi connectivity index (χ1) is 12.0. The molecule has 0 aromatic heterocycles. The summed E-state index contributed by atoms with van der Waals surface area (Å²) in [5, 5.41) is 0. The Morgan fingerprint density at radius 1 is 0.654 bits per heavy atom. The van der Waals surface area contributed by atoms with Gasteiger partial charge < -0.3 is 8.85 Å². The summed E-state index contributed by atoms with van der Waals surface area (Å²) in [5.41, 5.74) is -1.05. The highest BCUT2D eigenvalue weighted by Gasteiger charge is 2.33. The van der Waals surface area contributed by atoms with Gasteiger partial charge in [-0.1, -0.05) is 25.7 Å². The van der Waals surface area contributed by atoms with Crippen LogP contribution in [-0.2, 0) is 21.7 Å². The molecule has 0 aliphatic rings. The molecule has 0 spiro atoms. The van der Waals surface area contributed by atoms with Crippen molar-refractivity contribution in [2.75, 3.05) is 13.2 Å². The number of halogens is 4. The lowest BCUT2D eigenvalue weighted by molar-refractivity contribution is 0.189. The second-order valence-electron chi connectivity index (χ2n) is 7.77. The zero-order valence-electron chi connectivity index (χ0n) is 16.6. The summed E-state index contributed by atoms with van der Waals surface area (Å²) >= 11 is 0. The molecule has 150 valence electrons. The van der Waals surface area contributed by atoms with Gasteiger partial charge in [-0.15, -0.1) is 0 Å². The van der Waals surface area contributed by atoms with Crippen molar-refractivity contribution in [3.05, 3.63) is 34.4 Å². The van der Waals surface area contributed by atoms with E-state index in [9.17, 15) is 17.6 Å². The lowest BCUT2D eigenvalue weighted by Crippen LogP contribution is -2.39. The molecule has 1 aromatic rings. The fraction of sp³-hybridized carbons (Fsp3) is 0.667. The number of hydrogen-bond donors (Lipinski definition) is 0. The predicted octanol–water partition coefficient (Wildman–Crippen LogP) is 5.81. The molecule has 0 saturated heterocycles. The molecule has 0 fully saturated rings. The normalized spacial score (nSPS) is 12.7. The van der Waals surface area contributed by atoms with Crippen LogP contribution in [0.3, 0.4) is 0 Å². The number of rotatable bonds is 10. The summed E-state index contributed by atoms with van der Waals surface area (Å²) < 4.78 is 68.9. The van der Waals surface area contributed by atoms with Crippen LogP contribution in [0.1, 0.15) is 25.0 Å². The van der Waals surface area contributed by atoms with Gasteiger partial charge >= 0.3 is 8.56 Å². The summed E-state index contributed by atoms with van der Waals surface area (Å²) in [5.74, 6) is -5.13. The van der Waals surface area contributed by atoms with Gasteiger partial charge in [-0.25, -0.2) is 17.6 Å². The van der Waals surface area contributed by atoms with Crippen molar-refractivity contribution >= 4 is 16.6 Å². The smallest absolute Gasteiger partial charge is 0.335 e. The van der Waals surface area contributed by atoms with Crippen LogP contribution in [0.5, 0.6) is 0 Å². The molecule has 0 amide bonds. The molecule has 0 aliphatic carbocycles. The predicted molar refractivity (Wildman–Crippen MR) is 102 cm³/mol. The van der Waals surface area contributed by atoms with E-state index in [-0.39, 0.29) is 18.9 Å². The largest absolute Gasteiger partial charge is 0.395 e. The van der Waals surface area contributed by atoms with Gasteiger partial charge in [-0.3, -0.25) is 0 Å². The van der Waals surface area contributed by atoms with Crippen molar-refractivity contribution in [3.8, 4) is 0 Å². The minimum Gasteiger partial charge on any atom is -0.395 e. The average molecular weight is 411 g/mol. The van der Waals surface area contributed by atoms with Crippen molar-refractivity contribution in [1.82, 2.24) is 0 Å². The fourth-order valence-electron chi connectivity index (χ4n) is 2.81. The summed E-state index contributed by atoms with van der Waals surface area (Å²) in [7, 11) is -4.24. The molecule has 0 aliphatic heterocycles. The fourth-order valence-corrected chi connectivity index (χ4v) is 6.11. The van der Waals surface area contributed by atoms with E-state index in [1.54, 1.807) is 20.4 Å². The van der Waals surface area contributed by atoms with Crippen LogP contribution in [-0.4, -0.2) is 29.8 Å². The molecule has 1 rings (SSSR count). The molecule has 0 bridgehead atoms. The van der Waals surface area contributed by atoms with E-state index in [0.29, 0.717) is 19.3 Å². The van der Waals surface area contributed by atoms with Gasteiger partial charge in [0.1, 0.15) is 0 Å². The van der Waals surface area contributed by atoms with E-state index >= 15 is 0 Å². The van der Waals surface area contributed by atoms with Gasteiger partial charge in [-0.2, -0.15) is 0 Å². The molecule has 0 N–H and O–H groups in total. The number of benzene rings is 1. The maximum atomic E-state index is 14.4. The van der Waals surface area contributed by atoms with Crippen LogP contribution in [0.2, 0.25) is 38.3 Å². The lowest BCUT2D eigenvalue weighted by Gasteiger charge is -2.26. The van der Waals surface area contributed by atoms with E-state index in [1.165, 1.54) is 0 Å². The molecule has 8 heteroatoms. The highest BCUT2D eigenvalue weighted by molar-refractivity contribution is 6.76. The first-order valence-electron chi connectivity index (χ1n) is 9.07. The standard InChI is InChI=1S/C18H30F4O2Si2/c1-7-23-26(6,24-8-2)12-10-14-17(21)15(19)13(16(20)18(14)22)9-11-25(3,4)5/h7-12H2,1-6H3. The maximum Gasteiger partial charge on any atom is 0.335 e. The second-order valence-corrected chi connectivity index (χ2v) is 16.7. The zero-order valence-corrected chi connectivity index (χ0v) is 18.6. The van der Waals surface area contributed by atoms with Crippen molar-refractivity contribution in [2.24, 2.45) is 0 Å². The third-order valence-electron chi connectivity index (χ3n) is 4.30. The highest BCUT2D eigenvalue weighted by Crippen LogP contribution is 2.29. The van der Waals surface area contributed by atoms with Crippen molar-refractivity contribution in [3.63, 3.8) is 0 Å². The summed E-state index contributed by atoms with van der Waals surface area (Å²) in [6.07, 6.45) is -0.158. The SMILES string of the molecule is CCO[Si](C)(CCc1c(F)c(F)c(CC[Si](C)(C)C)c(F)c1F)OCC. The minimum atomic E-state index is -2.64. The van der Waals surface area contributed by atoms with Gasteiger partial charge in [0, 0.05) is 32.4 Å². The molecule has 0 saturated carbocycles. The summed E-state index contributed by atoms with van der Waals surface area (Å²) in [6.45, 7) is 12.3. The molecular formula is C18H30F4O2Si2. The van der Waals surface area contributed by atoms with Gasteiger partial charge in [0.15, 0.2) is 23.3 Å².